The molecule has 1 saturated heterocycles. The van der Waals surface area contributed by atoms with Crippen molar-refractivity contribution in [1.82, 2.24) is 10.2 Å². The molecule has 6 heteroatoms. The summed E-state index contributed by atoms with van der Waals surface area (Å²) in [5.74, 6) is -0.0199. The fraction of sp³-hybridized carbons (Fsp3) is 0.478. The van der Waals surface area contributed by atoms with Gasteiger partial charge in [-0.3, -0.25) is 9.59 Å². The zero-order valence-electron chi connectivity index (χ0n) is 17.1. The van der Waals surface area contributed by atoms with Crippen LogP contribution in [0.5, 0.6) is 11.5 Å². The summed E-state index contributed by atoms with van der Waals surface area (Å²) in [5, 5.41) is 13.7. The van der Waals surface area contributed by atoms with Crippen molar-refractivity contribution in [2.75, 3.05) is 20.2 Å². The van der Waals surface area contributed by atoms with Crippen molar-refractivity contribution >= 4 is 11.7 Å². The van der Waals surface area contributed by atoms with Crippen LogP contribution in [0.1, 0.15) is 56.9 Å². The molecule has 0 spiro atoms. The summed E-state index contributed by atoms with van der Waals surface area (Å²) in [5.41, 5.74) is 3.74. The van der Waals surface area contributed by atoms with Gasteiger partial charge in [0.1, 0.15) is 0 Å². The van der Waals surface area contributed by atoms with Gasteiger partial charge in [-0.05, 0) is 56.7 Å². The third-order valence-corrected chi connectivity index (χ3v) is 6.19. The molecule has 1 amide bonds. The first-order valence-corrected chi connectivity index (χ1v) is 10.4. The van der Waals surface area contributed by atoms with Gasteiger partial charge in [0.15, 0.2) is 17.3 Å². The van der Waals surface area contributed by atoms with Gasteiger partial charge >= 0.3 is 0 Å². The fourth-order valence-corrected chi connectivity index (χ4v) is 4.75. The van der Waals surface area contributed by atoms with Crippen molar-refractivity contribution in [2.45, 2.75) is 51.4 Å². The van der Waals surface area contributed by atoms with Crippen LogP contribution in [-0.4, -0.2) is 41.9 Å². The number of benzene rings is 1. The standard InChI is InChI=1S/C23H28N2O4/c1-14-20(23(28)25-11-4-3-5-12-25)21(15-9-10-19(29-2)18(27)13-15)22-16(24-14)7-6-8-17(22)26/h9-10,13,21,24,27H,3-8,11-12H2,1-2H3. The summed E-state index contributed by atoms with van der Waals surface area (Å²) in [6, 6.07) is 5.16. The van der Waals surface area contributed by atoms with Gasteiger partial charge in [0, 0.05) is 48.0 Å². The molecule has 0 radical (unpaired) electrons. The molecule has 1 aromatic carbocycles. The molecule has 0 bridgehead atoms. The van der Waals surface area contributed by atoms with Crippen LogP contribution in [0.3, 0.4) is 0 Å². The van der Waals surface area contributed by atoms with E-state index in [0.717, 1.165) is 62.2 Å². The Kier molecular flexibility index (Phi) is 5.35. The minimum Gasteiger partial charge on any atom is -0.504 e. The lowest BCUT2D eigenvalue weighted by Crippen LogP contribution is -2.42. The molecule has 1 aliphatic carbocycles. The van der Waals surface area contributed by atoms with E-state index in [-0.39, 0.29) is 17.4 Å². The van der Waals surface area contributed by atoms with Crippen molar-refractivity contribution in [2.24, 2.45) is 0 Å². The SMILES string of the molecule is COc1ccc(C2C(C(=O)N3CCCCC3)=C(C)NC3=C2C(=O)CCC3)cc1O. The van der Waals surface area contributed by atoms with E-state index in [1.807, 2.05) is 17.9 Å². The van der Waals surface area contributed by atoms with E-state index in [4.69, 9.17) is 4.74 Å². The number of phenolic OH excluding ortho intramolecular Hbond substituents is 1. The maximum atomic E-state index is 13.5. The number of ether oxygens (including phenoxy) is 1. The number of Topliss-reactive ketones (excluding diaryl/α,β-unsaturated/α-hetero) is 1. The zero-order chi connectivity index (χ0) is 20.5. The molecule has 2 aliphatic heterocycles. The van der Waals surface area contributed by atoms with Crippen LogP contribution in [0.2, 0.25) is 0 Å². The van der Waals surface area contributed by atoms with Crippen molar-refractivity contribution in [3.05, 3.63) is 46.3 Å². The van der Waals surface area contributed by atoms with Gasteiger partial charge in [-0.2, -0.15) is 0 Å². The van der Waals surface area contributed by atoms with E-state index in [0.29, 0.717) is 23.3 Å². The number of nitrogens with zero attached hydrogens (tertiary/aromatic N) is 1. The Morgan fingerprint density at radius 2 is 1.93 bits per heavy atom. The van der Waals surface area contributed by atoms with Crippen molar-refractivity contribution in [3.63, 3.8) is 0 Å². The topological polar surface area (TPSA) is 78.9 Å². The number of ketones is 1. The first kappa shape index (κ1) is 19.6. The van der Waals surface area contributed by atoms with Crippen LogP contribution in [0.4, 0.5) is 0 Å². The summed E-state index contributed by atoms with van der Waals surface area (Å²) in [6.07, 6.45) is 5.25. The normalized spacial score (nSPS) is 22.3. The van der Waals surface area contributed by atoms with Gasteiger partial charge in [-0.15, -0.1) is 0 Å². The Bertz CT molecular complexity index is 909. The Balaban J connectivity index is 1.82. The first-order chi connectivity index (χ1) is 14.0. The Morgan fingerprint density at radius 3 is 2.62 bits per heavy atom. The van der Waals surface area contributed by atoms with Gasteiger partial charge in [0.2, 0.25) is 0 Å². The summed E-state index contributed by atoms with van der Waals surface area (Å²) in [4.78, 5) is 28.4. The number of aromatic hydroxyl groups is 1. The third-order valence-electron chi connectivity index (χ3n) is 6.19. The van der Waals surface area contributed by atoms with Crippen LogP contribution in [0.15, 0.2) is 40.7 Å². The summed E-state index contributed by atoms with van der Waals surface area (Å²) >= 11 is 0. The number of hydrogen-bond donors (Lipinski definition) is 2. The molecule has 2 N–H and O–H groups in total. The second-order valence-electron chi connectivity index (χ2n) is 8.05. The molecule has 3 aliphatic rings. The first-order valence-electron chi connectivity index (χ1n) is 10.4. The third kappa shape index (κ3) is 3.52. The number of carbonyl (C=O) groups excluding carboxylic acids is 2. The van der Waals surface area contributed by atoms with E-state index >= 15 is 0 Å². The van der Waals surface area contributed by atoms with Gasteiger partial charge in [0.05, 0.1) is 7.11 Å². The quantitative estimate of drug-likeness (QED) is 0.819. The molecular weight excluding hydrogens is 368 g/mol. The molecule has 1 aromatic rings. The van der Waals surface area contributed by atoms with E-state index in [9.17, 15) is 14.7 Å². The highest BCUT2D eigenvalue weighted by Crippen LogP contribution is 2.44. The van der Waals surface area contributed by atoms with Crippen molar-refractivity contribution in [3.8, 4) is 11.5 Å². The van der Waals surface area contributed by atoms with Crippen LogP contribution in [-0.2, 0) is 9.59 Å². The molecule has 1 fully saturated rings. The predicted molar refractivity (Wildman–Crippen MR) is 110 cm³/mol. The molecule has 0 aromatic heterocycles. The number of carbonyl (C=O) groups is 2. The molecule has 0 saturated carbocycles. The predicted octanol–water partition coefficient (Wildman–Crippen LogP) is 3.38. The number of piperidine rings is 1. The van der Waals surface area contributed by atoms with Crippen LogP contribution in [0, 0.1) is 0 Å². The lowest BCUT2D eigenvalue weighted by atomic mass is 9.74. The molecule has 6 nitrogen and oxygen atoms in total. The number of amides is 1. The highest BCUT2D eigenvalue weighted by Gasteiger charge is 2.40. The highest BCUT2D eigenvalue weighted by atomic mass is 16.5. The Hall–Kier alpha value is -2.76. The second kappa shape index (κ2) is 7.93. The lowest BCUT2D eigenvalue weighted by Gasteiger charge is -2.37. The van der Waals surface area contributed by atoms with E-state index in [1.165, 1.54) is 7.11 Å². The van der Waals surface area contributed by atoms with Crippen LogP contribution >= 0.6 is 0 Å². The number of phenols is 1. The lowest BCUT2D eigenvalue weighted by molar-refractivity contribution is -0.128. The highest BCUT2D eigenvalue weighted by molar-refractivity contribution is 6.05. The summed E-state index contributed by atoms with van der Waals surface area (Å²) in [7, 11) is 1.50. The number of rotatable bonds is 3. The minimum absolute atomic E-state index is 0.0105. The van der Waals surface area contributed by atoms with E-state index < -0.39 is 5.92 Å². The number of dihydropyridines is 1. The zero-order valence-corrected chi connectivity index (χ0v) is 17.1. The number of hydrogen-bond acceptors (Lipinski definition) is 5. The Labute approximate surface area is 171 Å². The van der Waals surface area contributed by atoms with Crippen LogP contribution in [0.25, 0.3) is 0 Å². The van der Waals surface area contributed by atoms with Gasteiger partial charge in [-0.25, -0.2) is 0 Å². The summed E-state index contributed by atoms with van der Waals surface area (Å²) in [6.45, 7) is 3.41. The van der Waals surface area contributed by atoms with Gasteiger partial charge in [0.25, 0.3) is 5.91 Å². The van der Waals surface area contributed by atoms with Gasteiger partial charge < -0.3 is 20.1 Å². The fourth-order valence-electron chi connectivity index (χ4n) is 4.75. The molecule has 29 heavy (non-hydrogen) atoms. The number of nitrogens with one attached hydrogen (secondary N) is 1. The van der Waals surface area contributed by atoms with Crippen molar-refractivity contribution in [1.29, 1.82) is 0 Å². The average Bonchev–Trinajstić information content (AvgIpc) is 2.73. The molecule has 1 unspecified atom stereocenters. The maximum Gasteiger partial charge on any atom is 0.252 e. The number of allylic oxidation sites excluding steroid dienone is 3. The molecular formula is C23H28N2O4. The largest absolute Gasteiger partial charge is 0.504 e. The Morgan fingerprint density at radius 1 is 1.17 bits per heavy atom. The number of methoxy groups -OCH3 is 1. The molecule has 1 atom stereocenters. The van der Waals surface area contributed by atoms with Crippen LogP contribution < -0.4 is 10.1 Å². The molecule has 154 valence electrons. The smallest absolute Gasteiger partial charge is 0.252 e. The minimum atomic E-state index is -0.467. The monoisotopic (exact) mass is 396 g/mol. The average molecular weight is 396 g/mol. The molecule has 4 rings (SSSR count). The van der Waals surface area contributed by atoms with Crippen molar-refractivity contribution < 1.29 is 19.4 Å². The number of likely N-dealkylation sites (tertiary alicyclic amines) is 1. The maximum absolute atomic E-state index is 13.5. The van der Waals surface area contributed by atoms with E-state index in [1.54, 1.807) is 12.1 Å². The second-order valence-corrected chi connectivity index (χ2v) is 8.05. The van der Waals surface area contributed by atoms with Gasteiger partial charge in [-0.1, -0.05) is 6.07 Å². The molecule has 2 heterocycles. The van der Waals surface area contributed by atoms with E-state index in [2.05, 4.69) is 5.32 Å². The summed E-state index contributed by atoms with van der Waals surface area (Å²) < 4.78 is 5.18.